The Bertz CT molecular complexity index is 1660. The fourth-order valence-corrected chi connectivity index (χ4v) is 7.01. The summed E-state index contributed by atoms with van der Waals surface area (Å²) >= 11 is 2.88. The van der Waals surface area contributed by atoms with Crippen molar-refractivity contribution in [3.63, 3.8) is 0 Å². The van der Waals surface area contributed by atoms with Gasteiger partial charge in [-0.15, -0.1) is 23.5 Å². The van der Waals surface area contributed by atoms with Crippen LogP contribution < -0.4 is 38.5 Å². The average Bonchev–Trinajstić information content (AvgIpc) is 3.09. The second kappa shape index (κ2) is 21.3. The van der Waals surface area contributed by atoms with Gasteiger partial charge in [0.05, 0.1) is 32.5 Å². The number of benzene rings is 3. The standard InChI is InChI=1S/C39H55N7O4S2.C2H6/c1-23(47)43-30-19-28(38(3,4)5)21-32(34(30)51-14-12-41)45-36(49)26-16-25(10-9-11-40)17-27(18-26)37(50)46-33-22-29(39(6,7)8)20-31(44-24(2)48)35(33)52-15-13-42;1-2/h16-22H,9-15,40-42H2,1-8H3,(H,43,47)(H,44,48)(H,45,49)(H,46,50);1-2H3. The fraction of sp³-hybridized carbons (Fsp3) is 0.463. The van der Waals surface area contributed by atoms with Crippen LogP contribution in [0.3, 0.4) is 0 Å². The van der Waals surface area contributed by atoms with Gasteiger partial charge in [-0.25, -0.2) is 0 Å². The molecule has 0 unspecified atom stereocenters. The van der Waals surface area contributed by atoms with Crippen LogP contribution in [0.2, 0.25) is 0 Å². The molecule has 0 aliphatic rings. The highest BCUT2D eigenvalue weighted by atomic mass is 32.2. The van der Waals surface area contributed by atoms with Gasteiger partial charge in [0.1, 0.15) is 0 Å². The lowest BCUT2D eigenvalue weighted by molar-refractivity contribution is -0.115. The highest BCUT2D eigenvalue weighted by Gasteiger charge is 2.24. The predicted octanol–water partition coefficient (Wildman–Crippen LogP) is 7.72. The van der Waals surface area contributed by atoms with Gasteiger partial charge in [0.25, 0.3) is 11.8 Å². The van der Waals surface area contributed by atoms with Crippen LogP contribution in [0.25, 0.3) is 0 Å². The molecule has 0 saturated carbocycles. The summed E-state index contributed by atoms with van der Waals surface area (Å²) in [6.45, 7) is 20.5. The van der Waals surface area contributed by atoms with Crippen LogP contribution in [-0.2, 0) is 26.8 Å². The summed E-state index contributed by atoms with van der Waals surface area (Å²) in [5, 5.41) is 12.0. The van der Waals surface area contributed by atoms with Crippen molar-refractivity contribution >= 4 is 69.9 Å². The molecule has 3 aromatic carbocycles. The van der Waals surface area contributed by atoms with E-state index in [4.69, 9.17) is 17.2 Å². The molecule has 0 heterocycles. The van der Waals surface area contributed by atoms with Crippen LogP contribution in [0.15, 0.2) is 52.3 Å². The van der Waals surface area contributed by atoms with Crippen LogP contribution in [0.1, 0.15) is 113 Å². The van der Waals surface area contributed by atoms with Gasteiger partial charge in [0.2, 0.25) is 11.8 Å². The molecule has 0 saturated heterocycles. The van der Waals surface area contributed by atoms with Crippen molar-refractivity contribution in [3.8, 4) is 0 Å². The number of aryl methyl sites for hydroxylation is 1. The Morgan fingerprint density at radius 2 is 0.907 bits per heavy atom. The van der Waals surface area contributed by atoms with E-state index in [0.717, 1.165) is 16.7 Å². The van der Waals surface area contributed by atoms with Crippen LogP contribution in [0, 0.1) is 0 Å². The molecule has 0 radical (unpaired) electrons. The Kier molecular flexibility index (Phi) is 18.2. The SMILES string of the molecule is CC.CC(=O)Nc1cc(C(C)(C)C)cc(NC(=O)c2cc(CCCN)cc(C(=O)Nc3cc(C(C)(C)C)cc(NC(C)=O)c3SCCN)c2)c1SCCN. The van der Waals surface area contributed by atoms with Gasteiger partial charge in [-0.1, -0.05) is 55.4 Å². The molecule has 0 aliphatic carbocycles. The van der Waals surface area contributed by atoms with Crippen molar-refractivity contribution in [1.29, 1.82) is 0 Å². The lowest BCUT2D eigenvalue weighted by Crippen LogP contribution is -2.20. The second-order valence-electron chi connectivity index (χ2n) is 14.7. The summed E-state index contributed by atoms with van der Waals surface area (Å²) in [6.07, 6.45) is 1.22. The maximum atomic E-state index is 14.1. The molecule has 0 spiro atoms. The normalized spacial score (nSPS) is 11.3. The summed E-state index contributed by atoms with van der Waals surface area (Å²) in [5.74, 6) is -0.171. The first kappa shape index (κ1) is 46.3. The number of hydrogen-bond acceptors (Lipinski definition) is 9. The fourth-order valence-electron chi connectivity index (χ4n) is 5.30. The highest BCUT2D eigenvalue weighted by Crippen LogP contribution is 2.41. The van der Waals surface area contributed by atoms with E-state index in [0.29, 0.717) is 76.5 Å². The van der Waals surface area contributed by atoms with E-state index in [2.05, 4.69) is 62.8 Å². The van der Waals surface area contributed by atoms with Crippen molar-refractivity contribution in [3.05, 3.63) is 70.3 Å². The minimum atomic E-state index is -0.417. The van der Waals surface area contributed by atoms with Crippen molar-refractivity contribution in [2.45, 2.75) is 103 Å². The molecule has 0 aromatic heterocycles. The van der Waals surface area contributed by atoms with Crippen LogP contribution in [0.4, 0.5) is 22.7 Å². The first-order chi connectivity index (χ1) is 25.4. The molecule has 3 rings (SSSR count). The van der Waals surface area contributed by atoms with E-state index in [1.165, 1.54) is 37.4 Å². The molecular weight excluding hydrogens is 719 g/mol. The molecule has 11 nitrogen and oxygen atoms in total. The minimum absolute atomic E-state index is 0.233. The highest BCUT2D eigenvalue weighted by molar-refractivity contribution is 7.99. The number of thioether (sulfide) groups is 2. The maximum absolute atomic E-state index is 14.1. The van der Waals surface area contributed by atoms with Crippen molar-refractivity contribution < 1.29 is 19.2 Å². The summed E-state index contributed by atoms with van der Waals surface area (Å²) in [7, 11) is 0. The Labute approximate surface area is 330 Å². The molecule has 10 N–H and O–H groups in total. The van der Waals surface area contributed by atoms with Crippen LogP contribution in [-0.4, -0.2) is 54.8 Å². The van der Waals surface area contributed by atoms with Crippen molar-refractivity contribution in [1.82, 2.24) is 0 Å². The first-order valence-electron chi connectivity index (χ1n) is 18.4. The topological polar surface area (TPSA) is 194 Å². The second-order valence-corrected chi connectivity index (χ2v) is 16.9. The van der Waals surface area contributed by atoms with Crippen LogP contribution >= 0.6 is 23.5 Å². The molecule has 0 bridgehead atoms. The smallest absolute Gasteiger partial charge is 0.255 e. The van der Waals surface area contributed by atoms with Gasteiger partial charge in [-0.2, -0.15) is 0 Å². The zero-order valence-corrected chi connectivity index (χ0v) is 35.3. The maximum Gasteiger partial charge on any atom is 0.255 e. The average molecular weight is 780 g/mol. The van der Waals surface area contributed by atoms with E-state index in [-0.39, 0.29) is 33.8 Å². The van der Waals surface area contributed by atoms with Gasteiger partial charge in [-0.3, -0.25) is 19.2 Å². The van der Waals surface area contributed by atoms with Crippen LogP contribution in [0.5, 0.6) is 0 Å². The summed E-state index contributed by atoms with van der Waals surface area (Å²) < 4.78 is 0. The number of nitrogens with one attached hydrogen (secondary N) is 4. The molecule has 3 aromatic rings. The third kappa shape index (κ3) is 13.8. The van der Waals surface area contributed by atoms with E-state index >= 15 is 0 Å². The first-order valence-corrected chi connectivity index (χ1v) is 20.4. The van der Waals surface area contributed by atoms with Gasteiger partial charge in [0.15, 0.2) is 0 Å². The molecule has 0 aliphatic heterocycles. The van der Waals surface area contributed by atoms with Crippen molar-refractivity contribution in [2.75, 3.05) is 52.4 Å². The Hall–Kier alpha value is -3.88. The third-order valence-corrected chi connectivity index (χ3v) is 10.3. The summed E-state index contributed by atoms with van der Waals surface area (Å²) in [5.41, 5.74) is 22.4. The number of hydrogen-bond donors (Lipinski definition) is 7. The lowest BCUT2D eigenvalue weighted by atomic mass is 9.86. The largest absolute Gasteiger partial charge is 0.330 e. The molecule has 0 atom stereocenters. The number of rotatable bonds is 15. The molecule has 296 valence electrons. The summed E-state index contributed by atoms with van der Waals surface area (Å²) in [4.78, 5) is 54.1. The predicted molar refractivity (Wildman–Crippen MR) is 230 cm³/mol. The van der Waals surface area contributed by atoms with Gasteiger partial charge >= 0.3 is 0 Å². The quantitative estimate of drug-likeness (QED) is 0.0756. The van der Waals surface area contributed by atoms with Gasteiger partial charge in [0, 0.05) is 49.6 Å². The number of nitrogens with two attached hydrogens (primary N) is 3. The number of carbonyl (C=O) groups excluding carboxylic acids is 4. The Balaban J connectivity index is 0.00000495. The van der Waals surface area contributed by atoms with E-state index in [9.17, 15) is 19.2 Å². The van der Waals surface area contributed by atoms with E-state index in [1.54, 1.807) is 18.2 Å². The summed E-state index contributed by atoms with van der Waals surface area (Å²) in [6, 6.07) is 12.8. The van der Waals surface area contributed by atoms with Crippen molar-refractivity contribution in [2.24, 2.45) is 17.2 Å². The molecular formula is C41H61N7O4S2. The van der Waals surface area contributed by atoms with E-state index < -0.39 is 11.8 Å². The number of anilines is 4. The van der Waals surface area contributed by atoms with Gasteiger partial charge < -0.3 is 38.5 Å². The zero-order valence-electron chi connectivity index (χ0n) is 33.7. The Morgan fingerprint density at radius 1 is 0.556 bits per heavy atom. The molecule has 13 heteroatoms. The van der Waals surface area contributed by atoms with Gasteiger partial charge in [-0.05, 0) is 89.4 Å². The zero-order chi connectivity index (χ0) is 40.8. The molecule has 54 heavy (non-hydrogen) atoms. The Morgan fingerprint density at radius 3 is 1.20 bits per heavy atom. The number of carbonyl (C=O) groups is 4. The minimum Gasteiger partial charge on any atom is -0.330 e. The number of amides is 4. The van der Waals surface area contributed by atoms with E-state index in [1.807, 2.05) is 38.1 Å². The molecule has 4 amide bonds. The molecule has 0 fully saturated rings. The lowest BCUT2D eigenvalue weighted by Gasteiger charge is -2.24. The third-order valence-electron chi connectivity index (χ3n) is 7.94. The monoisotopic (exact) mass is 779 g/mol.